The predicted octanol–water partition coefficient (Wildman–Crippen LogP) is 3.14. The summed E-state index contributed by atoms with van der Waals surface area (Å²) >= 11 is 0. The van der Waals surface area contributed by atoms with Gasteiger partial charge in [0.05, 0.1) is 4.92 Å². The summed E-state index contributed by atoms with van der Waals surface area (Å²) in [5, 5.41) is 13.3. The minimum atomic E-state index is -0.411. The molecule has 0 aromatic heterocycles. The van der Waals surface area contributed by atoms with Crippen LogP contribution in [0.2, 0.25) is 0 Å². The lowest BCUT2D eigenvalue weighted by atomic mass is 10.0. The number of benzene rings is 2. The van der Waals surface area contributed by atoms with Crippen LogP contribution in [0, 0.1) is 10.1 Å². The van der Waals surface area contributed by atoms with Crippen molar-refractivity contribution in [1.82, 2.24) is 0 Å². The molecule has 1 amide bonds. The Kier molecular flexibility index (Phi) is 4.10. The maximum absolute atomic E-state index is 10.9. The summed E-state index contributed by atoms with van der Waals surface area (Å²) in [4.78, 5) is 21.1. The summed E-state index contributed by atoms with van der Waals surface area (Å²) in [6.07, 6.45) is 0.693. The Bertz CT molecular complexity index is 619. The molecule has 0 spiro atoms. The summed E-state index contributed by atoms with van der Waals surface area (Å²) in [5.74, 6) is -0.104. The molecule has 0 saturated heterocycles. The molecule has 2 rings (SSSR count). The van der Waals surface area contributed by atoms with E-state index in [2.05, 4.69) is 5.32 Å². The van der Waals surface area contributed by atoms with Crippen LogP contribution in [0.5, 0.6) is 0 Å². The Morgan fingerprint density at radius 3 is 2.00 bits per heavy atom. The lowest BCUT2D eigenvalue weighted by Crippen LogP contribution is -2.05. The van der Waals surface area contributed by atoms with Crippen LogP contribution in [0.25, 0.3) is 0 Å². The lowest BCUT2D eigenvalue weighted by Gasteiger charge is -2.05. The topological polar surface area (TPSA) is 72.2 Å². The molecule has 20 heavy (non-hydrogen) atoms. The van der Waals surface area contributed by atoms with Gasteiger partial charge in [-0.25, -0.2) is 0 Å². The Labute approximate surface area is 116 Å². The van der Waals surface area contributed by atoms with E-state index in [0.717, 1.165) is 16.8 Å². The van der Waals surface area contributed by atoms with Crippen LogP contribution in [-0.4, -0.2) is 10.8 Å². The molecule has 0 bridgehead atoms. The van der Waals surface area contributed by atoms with E-state index in [1.807, 2.05) is 24.3 Å². The van der Waals surface area contributed by atoms with Crippen molar-refractivity contribution in [3.05, 3.63) is 69.8 Å². The Balaban J connectivity index is 2.06. The predicted molar refractivity (Wildman–Crippen MR) is 76.6 cm³/mol. The van der Waals surface area contributed by atoms with Gasteiger partial charge in [0.2, 0.25) is 5.91 Å². The molecule has 0 fully saturated rings. The van der Waals surface area contributed by atoms with Crippen LogP contribution < -0.4 is 5.32 Å². The van der Waals surface area contributed by atoms with E-state index in [9.17, 15) is 14.9 Å². The molecule has 5 heteroatoms. The van der Waals surface area contributed by atoms with Gasteiger partial charge in [-0.3, -0.25) is 14.9 Å². The van der Waals surface area contributed by atoms with Gasteiger partial charge in [0.15, 0.2) is 0 Å². The quantitative estimate of drug-likeness (QED) is 0.685. The van der Waals surface area contributed by atoms with E-state index in [1.165, 1.54) is 19.1 Å². The number of carbonyl (C=O) groups excluding carboxylic acids is 1. The molecule has 0 aliphatic carbocycles. The normalized spacial score (nSPS) is 10.1. The third kappa shape index (κ3) is 3.65. The largest absolute Gasteiger partial charge is 0.326 e. The first kappa shape index (κ1) is 13.7. The smallest absolute Gasteiger partial charge is 0.269 e. The van der Waals surface area contributed by atoms with Gasteiger partial charge in [-0.05, 0) is 29.7 Å². The van der Waals surface area contributed by atoms with Gasteiger partial charge < -0.3 is 5.32 Å². The fraction of sp³-hybridized carbons (Fsp3) is 0.133. The second kappa shape index (κ2) is 5.97. The van der Waals surface area contributed by atoms with Crippen LogP contribution >= 0.6 is 0 Å². The van der Waals surface area contributed by atoms with Crippen LogP contribution in [0.4, 0.5) is 11.4 Å². The molecule has 0 aliphatic heterocycles. The van der Waals surface area contributed by atoms with Gasteiger partial charge in [0.25, 0.3) is 5.69 Å². The molecule has 0 atom stereocenters. The minimum absolute atomic E-state index is 0.0924. The molecule has 0 unspecified atom stereocenters. The van der Waals surface area contributed by atoms with E-state index >= 15 is 0 Å². The van der Waals surface area contributed by atoms with E-state index < -0.39 is 4.92 Å². The monoisotopic (exact) mass is 270 g/mol. The standard InChI is InChI=1S/C15H14N2O3/c1-11(18)16-14-6-2-12(3-7-14)10-13-4-8-15(9-5-13)17(19)20/h2-9H,10H2,1H3,(H,16,18). The second-order valence-corrected chi connectivity index (χ2v) is 4.48. The zero-order valence-electron chi connectivity index (χ0n) is 11.0. The number of nitrogens with one attached hydrogen (secondary N) is 1. The zero-order chi connectivity index (χ0) is 14.5. The highest BCUT2D eigenvalue weighted by molar-refractivity contribution is 5.88. The molecule has 0 saturated carbocycles. The first-order valence-electron chi connectivity index (χ1n) is 6.14. The number of anilines is 1. The van der Waals surface area contributed by atoms with E-state index in [4.69, 9.17) is 0 Å². The summed E-state index contributed by atoms with van der Waals surface area (Å²) in [6, 6.07) is 14.0. The Hall–Kier alpha value is -2.69. The molecular formula is C15H14N2O3. The fourth-order valence-electron chi connectivity index (χ4n) is 1.88. The first-order chi connectivity index (χ1) is 9.54. The fourth-order valence-corrected chi connectivity index (χ4v) is 1.88. The van der Waals surface area contributed by atoms with Gasteiger partial charge in [0, 0.05) is 24.7 Å². The van der Waals surface area contributed by atoms with E-state index in [0.29, 0.717) is 6.42 Å². The van der Waals surface area contributed by atoms with Crippen molar-refractivity contribution in [3.63, 3.8) is 0 Å². The summed E-state index contributed by atoms with van der Waals surface area (Å²) < 4.78 is 0. The van der Waals surface area contributed by atoms with Gasteiger partial charge in [-0.2, -0.15) is 0 Å². The Morgan fingerprint density at radius 1 is 1.05 bits per heavy atom. The third-order valence-corrected chi connectivity index (χ3v) is 2.83. The van der Waals surface area contributed by atoms with Crippen LogP contribution in [-0.2, 0) is 11.2 Å². The van der Waals surface area contributed by atoms with Crippen LogP contribution in [0.15, 0.2) is 48.5 Å². The highest BCUT2D eigenvalue weighted by atomic mass is 16.6. The summed E-state index contributed by atoms with van der Waals surface area (Å²) in [5.41, 5.74) is 2.93. The third-order valence-electron chi connectivity index (χ3n) is 2.83. The molecule has 0 aliphatic rings. The van der Waals surface area contributed by atoms with Crippen molar-refractivity contribution in [2.45, 2.75) is 13.3 Å². The zero-order valence-corrected chi connectivity index (χ0v) is 11.0. The number of amides is 1. The number of nitro groups is 1. The number of nitrogens with zero attached hydrogens (tertiary/aromatic N) is 1. The van der Waals surface area contributed by atoms with E-state index in [-0.39, 0.29) is 11.6 Å². The van der Waals surface area contributed by atoms with Gasteiger partial charge >= 0.3 is 0 Å². The number of non-ortho nitro benzene ring substituents is 1. The number of carbonyl (C=O) groups is 1. The average Bonchev–Trinajstić information content (AvgIpc) is 2.41. The average molecular weight is 270 g/mol. The van der Waals surface area contributed by atoms with Crippen molar-refractivity contribution in [1.29, 1.82) is 0 Å². The van der Waals surface area contributed by atoms with Gasteiger partial charge in [0.1, 0.15) is 0 Å². The number of hydrogen-bond donors (Lipinski definition) is 1. The molecule has 2 aromatic rings. The SMILES string of the molecule is CC(=O)Nc1ccc(Cc2ccc([N+](=O)[O-])cc2)cc1. The van der Waals surface area contributed by atoms with E-state index in [1.54, 1.807) is 12.1 Å². The molecular weight excluding hydrogens is 256 g/mol. The number of hydrogen-bond acceptors (Lipinski definition) is 3. The van der Waals surface area contributed by atoms with Crippen molar-refractivity contribution in [2.75, 3.05) is 5.32 Å². The number of rotatable bonds is 4. The molecule has 5 nitrogen and oxygen atoms in total. The van der Waals surface area contributed by atoms with Crippen LogP contribution in [0.1, 0.15) is 18.1 Å². The maximum atomic E-state index is 10.9. The molecule has 2 aromatic carbocycles. The Morgan fingerprint density at radius 2 is 1.55 bits per heavy atom. The van der Waals surface area contributed by atoms with Crippen molar-refractivity contribution >= 4 is 17.3 Å². The highest BCUT2D eigenvalue weighted by Gasteiger charge is 2.04. The highest BCUT2D eigenvalue weighted by Crippen LogP contribution is 2.16. The van der Waals surface area contributed by atoms with Crippen LogP contribution in [0.3, 0.4) is 0 Å². The number of nitro benzene ring substituents is 1. The summed E-state index contributed by atoms with van der Waals surface area (Å²) in [6.45, 7) is 1.46. The molecule has 1 N–H and O–H groups in total. The summed E-state index contributed by atoms with van der Waals surface area (Å²) in [7, 11) is 0. The molecule has 0 heterocycles. The van der Waals surface area contributed by atoms with Gasteiger partial charge in [-0.1, -0.05) is 24.3 Å². The van der Waals surface area contributed by atoms with Crippen molar-refractivity contribution < 1.29 is 9.72 Å². The minimum Gasteiger partial charge on any atom is -0.326 e. The lowest BCUT2D eigenvalue weighted by molar-refractivity contribution is -0.384. The molecule has 0 radical (unpaired) electrons. The molecule has 102 valence electrons. The first-order valence-corrected chi connectivity index (χ1v) is 6.14. The van der Waals surface area contributed by atoms with Crippen molar-refractivity contribution in [2.24, 2.45) is 0 Å². The maximum Gasteiger partial charge on any atom is 0.269 e. The van der Waals surface area contributed by atoms with Gasteiger partial charge in [-0.15, -0.1) is 0 Å². The van der Waals surface area contributed by atoms with Crippen molar-refractivity contribution in [3.8, 4) is 0 Å². The second-order valence-electron chi connectivity index (χ2n) is 4.48.